The Hall–Kier alpha value is -3.93. The zero-order chi connectivity index (χ0) is 21.4. The van der Waals surface area contributed by atoms with Crippen LogP contribution in [-0.4, -0.2) is 21.6 Å². The highest BCUT2D eigenvalue weighted by Crippen LogP contribution is 2.36. The van der Waals surface area contributed by atoms with E-state index < -0.39 is 12.0 Å². The van der Waals surface area contributed by atoms with Crippen LogP contribution in [0.15, 0.2) is 78.0 Å². The van der Waals surface area contributed by atoms with Crippen molar-refractivity contribution in [2.75, 3.05) is 5.32 Å². The minimum absolute atomic E-state index is 0.221. The number of carbonyl (C=O) groups is 1. The van der Waals surface area contributed by atoms with Crippen molar-refractivity contribution in [3.05, 3.63) is 95.1 Å². The molecule has 5 rings (SSSR count). The normalized spacial score (nSPS) is 17.9. The lowest BCUT2D eigenvalue weighted by Crippen LogP contribution is -2.32. The van der Waals surface area contributed by atoms with Crippen LogP contribution in [0.5, 0.6) is 0 Å². The van der Waals surface area contributed by atoms with Crippen LogP contribution in [0.4, 0.5) is 5.95 Å². The minimum Gasteiger partial charge on any atom is -0.386 e. The van der Waals surface area contributed by atoms with Crippen LogP contribution in [-0.2, 0) is 9.63 Å². The van der Waals surface area contributed by atoms with Crippen molar-refractivity contribution in [1.29, 1.82) is 0 Å². The van der Waals surface area contributed by atoms with Gasteiger partial charge in [-0.05, 0) is 31.5 Å². The molecule has 1 aliphatic rings. The number of hydrogen-bond donors (Lipinski definition) is 2. The van der Waals surface area contributed by atoms with Crippen LogP contribution in [0, 0.1) is 19.8 Å². The molecule has 0 saturated carbocycles. The van der Waals surface area contributed by atoms with E-state index in [1.54, 1.807) is 0 Å². The van der Waals surface area contributed by atoms with Crippen LogP contribution < -0.4 is 5.32 Å². The summed E-state index contributed by atoms with van der Waals surface area (Å²) in [7, 11) is 0. The number of para-hydroxylation sites is 2. The summed E-state index contributed by atoms with van der Waals surface area (Å²) in [4.78, 5) is 26.9. The Balaban J connectivity index is 1.49. The molecular formula is C25H22N4O2. The second-order valence-corrected chi connectivity index (χ2v) is 7.85. The Kier molecular flexibility index (Phi) is 4.75. The third-order valence-corrected chi connectivity index (χ3v) is 5.53. The van der Waals surface area contributed by atoms with E-state index in [0.29, 0.717) is 11.7 Å². The van der Waals surface area contributed by atoms with Crippen molar-refractivity contribution in [3.63, 3.8) is 0 Å². The molecule has 2 atom stereocenters. The van der Waals surface area contributed by atoms with E-state index in [1.165, 1.54) is 0 Å². The van der Waals surface area contributed by atoms with Crippen molar-refractivity contribution in [3.8, 4) is 0 Å². The second-order valence-electron chi connectivity index (χ2n) is 7.85. The van der Waals surface area contributed by atoms with Crippen LogP contribution in [0.25, 0.3) is 11.0 Å². The lowest BCUT2D eigenvalue weighted by Gasteiger charge is -2.18. The first-order chi connectivity index (χ1) is 15.1. The van der Waals surface area contributed by atoms with Crippen LogP contribution in [0.2, 0.25) is 0 Å². The number of fused-ring (bicyclic) bond motifs is 1. The van der Waals surface area contributed by atoms with E-state index >= 15 is 0 Å². The van der Waals surface area contributed by atoms with Gasteiger partial charge in [-0.15, -0.1) is 0 Å². The lowest BCUT2D eigenvalue weighted by atomic mass is 9.87. The van der Waals surface area contributed by atoms with Gasteiger partial charge in [-0.3, -0.25) is 10.1 Å². The number of hydrogen-bond acceptors (Lipinski definition) is 4. The number of benzene rings is 3. The smallest absolute Gasteiger partial charge is 0.240 e. The molecule has 154 valence electrons. The number of rotatable bonds is 4. The molecule has 6 nitrogen and oxygen atoms in total. The number of amides is 1. The third kappa shape index (κ3) is 3.68. The standard InChI is InChI=1S/C25H22N4O2/c1-15-7-11-17(12-8-15)22-21(23(31-29-22)18-13-9-16(2)10-14-18)24(30)28-25-26-19-5-3-4-6-20(19)27-25/h3-14,21,23H,1-2H3,(H2,26,27,28,30). The van der Waals surface area contributed by atoms with Gasteiger partial charge in [0, 0.05) is 5.56 Å². The van der Waals surface area contributed by atoms with Gasteiger partial charge in [0.1, 0.15) is 11.6 Å². The molecule has 1 aromatic heterocycles. The van der Waals surface area contributed by atoms with Crippen LogP contribution >= 0.6 is 0 Å². The molecule has 4 aromatic rings. The van der Waals surface area contributed by atoms with E-state index in [1.807, 2.05) is 86.6 Å². The number of aromatic nitrogens is 2. The highest BCUT2D eigenvalue weighted by Gasteiger charge is 2.41. The summed E-state index contributed by atoms with van der Waals surface area (Å²) in [5.74, 6) is -0.427. The molecule has 2 N–H and O–H groups in total. The molecule has 1 aliphatic heterocycles. The predicted molar refractivity (Wildman–Crippen MR) is 121 cm³/mol. The molecule has 2 unspecified atom stereocenters. The number of H-pyrrole nitrogens is 1. The Labute approximate surface area is 180 Å². The fourth-order valence-electron chi connectivity index (χ4n) is 3.81. The Morgan fingerprint density at radius 3 is 2.32 bits per heavy atom. The molecular weight excluding hydrogens is 388 g/mol. The largest absolute Gasteiger partial charge is 0.386 e. The molecule has 0 fully saturated rings. The number of nitrogens with one attached hydrogen (secondary N) is 2. The fraction of sp³-hybridized carbons (Fsp3) is 0.160. The number of nitrogens with zero attached hydrogens (tertiary/aromatic N) is 2. The quantitative estimate of drug-likeness (QED) is 0.502. The van der Waals surface area contributed by atoms with E-state index in [4.69, 9.17) is 4.84 Å². The van der Waals surface area contributed by atoms with Gasteiger partial charge < -0.3 is 9.82 Å². The van der Waals surface area contributed by atoms with E-state index in [0.717, 1.165) is 33.3 Å². The predicted octanol–water partition coefficient (Wildman–Crippen LogP) is 4.91. The molecule has 0 bridgehead atoms. The third-order valence-electron chi connectivity index (χ3n) is 5.53. The zero-order valence-electron chi connectivity index (χ0n) is 17.3. The zero-order valence-corrected chi connectivity index (χ0v) is 17.3. The van der Waals surface area contributed by atoms with Crippen LogP contribution in [0.3, 0.4) is 0 Å². The Bertz CT molecular complexity index is 1240. The number of anilines is 1. The first kappa shape index (κ1) is 19.1. The van der Waals surface area contributed by atoms with Gasteiger partial charge in [0.25, 0.3) is 0 Å². The first-order valence-electron chi connectivity index (χ1n) is 10.2. The number of aromatic amines is 1. The highest BCUT2D eigenvalue weighted by atomic mass is 16.6. The molecule has 2 heterocycles. The molecule has 0 spiro atoms. The molecule has 31 heavy (non-hydrogen) atoms. The second kappa shape index (κ2) is 7.72. The van der Waals surface area contributed by atoms with Crippen molar-refractivity contribution in [2.24, 2.45) is 11.1 Å². The monoisotopic (exact) mass is 410 g/mol. The number of imidazole rings is 1. The summed E-state index contributed by atoms with van der Waals surface area (Å²) in [6.45, 7) is 4.05. The maximum Gasteiger partial charge on any atom is 0.240 e. The molecule has 3 aromatic carbocycles. The van der Waals surface area contributed by atoms with E-state index in [-0.39, 0.29) is 5.91 Å². The number of aryl methyl sites for hydroxylation is 2. The molecule has 0 saturated heterocycles. The Morgan fingerprint density at radius 1 is 0.935 bits per heavy atom. The van der Waals surface area contributed by atoms with Gasteiger partial charge in [-0.25, -0.2) is 4.98 Å². The van der Waals surface area contributed by atoms with Crippen molar-refractivity contribution < 1.29 is 9.63 Å². The average Bonchev–Trinajstić information content (AvgIpc) is 3.39. The summed E-state index contributed by atoms with van der Waals surface area (Å²) in [5, 5.41) is 7.26. The first-order valence-corrected chi connectivity index (χ1v) is 10.2. The number of carbonyl (C=O) groups excluding carboxylic acids is 1. The molecule has 0 aliphatic carbocycles. The fourth-order valence-corrected chi connectivity index (χ4v) is 3.81. The molecule has 0 radical (unpaired) electrons. The molecule has 1 amide bonds. The summed E-state index contributed by atoms with van der Waals surface area (Å²) < 4.78 is 0. The minimum atomic E-state index is -0.612. The van der Waals surface area contributed by atoms with Gasteiger partial charge in [0.15, 0.2) is 6.10 Å². The van der Waals surface area contributed by atoms with Gasteiger partial charge in [0.05, 0.1) is 11.0 Å². The summed E-state index contributed by atoms with van der Waals surface area (Å²) in [6.07, 6.45) is -0.513. The number of oxime groups is 1. The molecule has 6 heteroatoms. The maximum atomic E-state index is 13.5. The van der Waals surface area contributed by atoms with Crippen molar-refractivity contribution in [1.82, 2.24) is 9.97 Å². The van der Waals surface area contributed by atoms with Gasteiger partial charge in [-0.2, -0.15) is 0 Å². The Morgan fingerprint density at radius 2 is 1.61 bits per heavy atom. The average molecular weight is 410 g/mol. The summed E-state index contributed by atoms with van der Waals surface area (Å²) >= 11 is 0. The SMILES string of the molecule is Cc1ccc(C2=NOC(c3ccc(C)cc3)C2C(=O)Nc2nc3ccccc3[nH]2)cc1. The van der Waals surface area contributed by atoms with E-state index in [9.17, 15) is 4.79 Å². The summed E-state index contributed by atoms with van der Waals surface area (Å²) in [5.41, 5.74) is 6.32. The van der Waals surface area contributed by atoms with Crippen molar-refractivity contribution in [2.45, 2.75) is 20.0 Å². The van der Waals surface area contributed by atoms with Gasteiger partial charge in [-0.1, -0.05) is 76.9 Å². The van der Waals surface area contributed by atoms with Gasteiger partial charge >= 0.3 is 0 Å². The van der Waals surface area contributed by atoms with Crippen LogP contribution in [0.1, 0.15) is 28.4 Å². The maximum absolute atomic E-state index is 13.5. The topological polar surface area (TPSA) is 79.4 Å². The highest BCUT2D eigenvalue weighted by molar-refractivity contribution is 6.17. The lowest BCUT2D eigenvalue weighted by molar-refractivity contribution is -0.120. The van der Waals surface area contributed by atoms with Crippen molar-refractivity contribution >= 4 is 28.6 Å². The van der Waals surface area contributed by atoms with Gasteiger partial charge in [0.2, 0.25) is 11.9 Å². The van der Waals surface area contributed by atoms with E-state index in [2.05, 4.69) is 20.4 Å². The summed E-state index contributed by atoms with van der Waals surface area (Å²) in [6, 6.07) is 23.6.